The first-order valence-corrected chi connectivity index (χ1v) is 6.97. The number of nitrogens with zero attached hydrogens (tertiary/aromatic N) is 2. The quantitative estimate of drug-likeness (QED) is 0.762. The lowest BCUT2D eigenvalue weighted by Crippen LogP contribution is -2.11. The summed E-state index contributed by atoms with van der Waals surface area (Å²) in [6.45, 7) is 6.35. The van der Waals surface area contributed by atoms with Crippen molar-refractivity contribution in [3.8, 4) is 0 Å². The fraction of sp³-hybridized carbons (Fsp3) is 0.667. The number of aromatic nitrogens is 2. The normalized spacial score (nSPS) is 12.6. The molecular formula is C12H20N2O2S. The van der Waals surface area contributed by atoms with Gasteiger partial charge in [0.25, 0.3) is 0 Å². The molecule has 17 heavy (non-hydrogen) atoms. The number of carboxylic acids is 1. The van der Waals surface area contributed by atoms with Crippen LogP contribution in [0.25, 0.3) is 0 Å². The number of imidazole rings is 1. The Bertz CT molecular complexity index is 377. The van der Waals surface area contributed by atoms with Crippen molar-refractivity contribution in [2.24, 2.45) is 0 Å². The van der Waals surface area contributed by atoms with Gasteiger partial charge in [-0.15, -0.1) is 0 Å². The summed E-state index contributed by atoms with van der Waals surface area (Å²) in [5.41, 5.74) is 1.11. The Kier molecular flexibility index (Phi) is 5.55. The predicted molar refractivity (Wildman–Crippen MR) is 69.6 cm³/mol. The fourth-order valence-corrected chi connectivity index (χ4v) is 2.76. The molecule has 4 nitrogen and oxygen atoms in total. The van der Waals surface area contributed by atoms with E-state index in [-0.39, 0.29) is 5.75 Å². The Hall–Kier alpha value is -0.970. The molecule has 0 aliphatic rings. The third-order valence-electron chi connectivity index (χ3n) is 2.73. The molecule has 1 N–H and O–H groups in total. The molecule has 5 heteroatoms. The summed E-state index contributed by atoms with van der Waals surface area (Å²) in [6.07, 6.45) is 5.10. The summed E-state index contributed by atoms with van der Waals surface area (Å²) in [5, 5.41) is 9.54. The van der Waals surface area contributed by atoms with Crippen molar-refractivity contribution in [2.45, 2.75) is 51.2 Å². The van der Waals surface area contributed by atoms with Crippen LogP contribution < -0.4 is 0 Å². The molecule has 0 aliphatic carbocycles. The van der Waals surface area contributed by atoms with Gasteiger partial charge in [-0.1, -0.05) is 32.0 Å². The summed E-state index contributed by atoms with van der Waals surface area (Å²) < 4.78 is 2.18. The molecular weight excluding hydrogens is 236 g/mol. The van der Waals surface area contributed by atoms with E-state index in [1.807, 2.05) is 13.1 Å². The number of hydrogen-bond acceptors (Lipinski definition) is 3. The zero-order valence-electron chi connectivity index (χ0n) is 10.6. The van der Waals surface area contributed by atoms with Crippen LogP contribution in [0.15, 0.2) is 11.4 Å². The first kappa shape index (κ1) is 14.1. The molecule has 0 radical (unpaired) electrons. The van der Waals surface area contributed by atoms with Crippen molar-refractivity contribution in [3.63, 3.8) is 0 Å². The summed E-state index contributed by atoms with van der Waals surface area (Å²) in [7, 11) is 0. The van der Waals surface area contributed by atoms with Crippen molar-refractivity contribution in [3.05, 3.63) is 11.9 Å². The second kappa shape index (κ2) is 6.69. The number of thioether (sulfide) groups is 1. The molecule has 0 bridgehead atoms. The van der Waals surface area contributed by atoms with E-state index in [2.05, 4.69) is 23.4 Å². The Morgan fingerprint density at radius 3 is 2.82 bits per heavy atom. The zero-order chi connectivity index (χ0) is 12.8. The molecule has 1 aromatic rings. The number of hydrogen-bond donors (Lipinski definition) is 1. The molecule has 1 aromatic heterocycles. The van der Waals surface area contributed by atoms with E-state index in [9.17, 15) is 4.79 Å². The van der Waals surface area contributed by atoms with E-state index in [0.717, 1.165) is 30.1 Å². The van der Waals surface area contributed by atoms with E-state index < -0.39 is 5.97 Å². The Morgan fingerprint density at radius 2 is 2.29 bits per heavy atom. The molecule has 1 atom stereocenters. The molecule has 0 aromatic carbocycles. The van der Waals surface area contributed by atoms with E-state index in [4.69, 9.17) is 5.11 Å². The molecule has 0 fully saturated rings. The maximum absolute atomic E-state index is 10.6. The molecule has 1 rings (SSSR count). The standard InChI is InChI=1S/C12H20N2O2S/c1-4-6-10(5-2)14-9(3)7-13-12(14)17-8-11(15)16/h7,10H,4-6,8H2,1-3H3,(H,15,16). The SMILES string of the molecule is CCCC(CC)n1c(C)cnc1SCC(=O)O. The maximum Gasteiger partial charge on any atom is 0.313 e. The number of rotatable bonds is 7. The minimum absolute atomic E-state index is 0.0685. The van der Waals surface area contributed by atoms with Crippen molar-refractivity contribution in [1.82, 2.24) is 9.55 Å². The molecule has 1 heterocycles. The van der Waals surface area contributed by atoms with Crippen LogP contribution in [0.4, 0.5) is 0 Å². The lowest BCUT2D eigenvalue weighted by molar-refractivity contribution is -0.133. The van der Waals surface area contributed by atoms with Gasteiger partial charge in [-0.25, -0.2) is 4.98 Å². The van der Waals surface area contributed by atoms with Gasteiger partial charge >= 0.3 is 5.97 Å². The average Bonchev–Trinajstić information content (AvgIpc) is 2.65. The van der Waals surface area contributed by atoms with Gasteiger partial charge in [0.05, 0.1) is 5.75 Å². The first-order valence-electron chi connectivity index (χ1n) is 5.98. The van der Waals surface area contributed by atoms with Crippen molar-refractivity contribution >= 4 is 17.7 Å². The lowest BCUT2D eigenvalue weighted by Gasteiger charge is -2.20. The van der Waals surface area contributed by atoms with Crippen LogP contribution in [0.2, 0.25) is 0 Å². The van der Waals surface area contributed by atoms with Gasteiger partial charge in [0.2, 0.25) is 0 Å². The summed E-state index contributed by atoms with van der Waals surface area (Å²) in [4.78, 5) is 14.9. The van der Waals surface area contributed by atoms with Gasteiger partial charge in [0.15, 0.2) is 5.16 Å². The summed E-state index contributed by atoms with van der Waals surface area (Å²) in [6, 6.07) is 0.429. The highest BCUT2D eigenvalue weighted by Gasteiger charge is 2.16. The fourth-order valence-electron chi connectivity index (χ4n) is 1.95. The molecule has 0 saturated carbocycles. The number of aryl methyl sites for hydroxylation is 1. The van der Waals surface area contributed by atoms with Crippen molar-refractivity contribution in [2.75, 3.05) is 5.75 Å². The van der Waals surface area contributed by atoms with Gasteiger partial charge in [-0.2, -0.15) is 0 Å². The Morgan fingerprint density at radius 1 is 1.59 bits per heavy atom. The van der Waals surface area contributed by atoms with Crippen LogP contribution in [0.3, 0.4) is 0 Å². The minimum atomic E-state index is -0.800. The van der Waals surface area contributed by atoms with Crippen molar-refractivity contribution < 1.29 is 9.90 Å². The van der Waals surface area contributed by atoms with Crippen molar-refractivity contribution in [1.29, 1.82) is 0 Å². The lowest BCUT2D eigenvalue weighted by atomic mass is 10.1. The summed E-state index contributed by atoms with van der Waals surface area (Å²) in [5.74, 6) is -0.732. The van der Waals surface area contributed by atoms with Crippen LogP contribution >= 0.6 is 11.8 Å². The number of carboxylic acid groups (broad SMARTS) is 1. The van der Waals surface area contributed by atoms with Crippen LogP contribution in [-0.2, 0) is 4.79 Å². The second-order valence-corrected chi connectivity index (χ2v) is 5.03. The molecule has 0 amide bonds. The largest absolute Gasteiger partial charge is 0.481 e. The predicted octanol–water partition coefficient (Wildman–Crippen LogP) is 3.12. The number of aliphatic carboxylic acids is 1. The van der Waals surface area contributed by atoms with Gasteiger partial charge in [0.1, 0.15) is 0 Å². The molecule has 0 saturated heterocycles. The molecule has 1 unspecified atom stereocenters. The maximum atomic E-state index is 10.6. The van der Waals surface area contributed by atoms with Crippen LogP contribution in [0.5, 0.6) is 0 Å². The van der Waals surface area contributed by atoms with E-state index in [0.29, 0.717) is 6.04 Å². The monoisotopic (exact) mass is 256 g/mol. The molecule has 0 spiro atoms. The van der Waals surface area contributed by atoms with Gasteiger partial charge in [-0.05, 0) is 19.8 Å². The third-order valence-corrected chi connectivity index (χ3v) is 3.68. The topological polar surface area (TPSA) is 55.1 Å². The minimum Gasteiger partial charge on any atom is -0.481 e. The highest BCUT2D eigenvalue weighted by Crippen LogP contribution is 2.27. The second-order valence-electron chi connectivity index (χ2n) is 4.09. The highest BCUT2D eigenvalue weighted by molar-refractivity contribution is 7.99. The van der Waals surface area contributed by atoms with Crippen LogP contribution in [-0.4, -0.2) is 26.4 Å². The van der Waals surface area contributed by atoms with E-state index in [1.165, 1.54) is 11.8 Å². The smallest absolute Gasteiger partial charge is 0.313 e. The zero-order valence-corrected chi connectivity index (χ0v) is 11.5. The third kappa shape index (κ3) is 3.77. The van der Waals surface area contributed by atoms with Gasteiger partial charge < -0.3 is 9.67 Å². The number of carbonyl (C=O) groups is 1. The summed E-state index contributed by atoms with van der Waals surface area (Å²) >= 11 is 1.30. The Labute approximate surface area is 106 Å². The average molecular weight is 256 g/mol. The first-order chi connectivity index (χ1) is 8.10. The van der Waals surface area contributed by atoms with E-state index >= 15 is 0 Å². The van der Waals surface area contributed by atoms with Gasteiger partial charge in [0, 0.05) is 17.9 Å². The van der Waals surface area contributed by atoms with E-state index in [1.54, 1.807) is 0 Å². The molecule has 96 valence electrons. The molecule has 0 aliphatic heterocycles. The van der Waals surface area contributed by atoms with Gasteiger partial charge in [-0.3, -0.25) is 4.79 Å². The van der Waals surface area contributed by atoms with Crippen LogP contribution in [0, 0.1) is 6.92 Å². The highest BCUT2D eigenvalue weighted by atomic mass is 32.2. The Balaban J connectivity index is 2.87. The van der Waals surface area contributed by atoms with Crippen LogP contribution in [0.1, 0.15) is 44.8 Å².